The molecule has 142 valence electrons. The molecule has 0 saturated heterocycles. The van der Waals surface area contributed by atoms with E-state index in [0.29, 0.717) is 32.8 Å². The van der Waals surface area contributed by atoms with Crippen LogP contribution in [-0.4, -0.2) is 20.7 Å². The van der Waals surface area contributed by atoms with Gasteiger partial charge in [0.2, 0.25) is 5.95 Å². The maximum Gasteiger partial charge on any atom is 0.255 e. The lowest BCUT2D eigenvalue weighted by Crippen LogP contribution is -2.31. The predicted octanol–water partition coefficient (Wildman–Crippen LogP) is 4.82. The van der Waals surface area contributed by atoms with Gasteiger partial charge in [-0.05, 0) is 37.6 Å². The van der Waals surface area contributed by atoms with E-state index in [1.165, 1.54) is 6.33 Å². The molecule has 0 fully saturated rings. The lowest BCUT2D eigenvalue weighted by Gasteiger charge is -2.29. The minimum Gasteiger partial charge on any atom is -0.328 e. The van der Waals surface area contributed by atoms with Crippen LogP contribution in [0.25, 0.3) is 0 Å². The molecular formula is C20H17Cl2N5O. The highest BCUT2D eigenvalue weighted by atomic mass is 35.5. The van der Waals surface area contributed by atoms with Gasteiger partial charge in [-0.1, -0.05) is 47.5 Å². The molecule has 1 amide bonds. The number of aromatic nitrogens is 3. The number of para-hydroxylation sites is 1. The van der Waals surface area contributed by atoms with E-state index >= 15 is 0 Å². The number of nitrogens with one attached hydrogen (secondary N) is 2. The number of halogens is 2. The first-order valence-electron chi connectivity index (χ1n) is 8.65. The summed E-state index contributed by atoms with van der Waals surface area (Å²) in [7, 11) is 0. The van der Waals surface area contributed by atoms with E-state index in [9.17, 15) is 4.79 Å². The number of benzene rings is 2. The van der Waals surface area contributed by atoms with Gasteiger partial charge in [-0.25, -0.2) is 4.68 Å². The molecular weight excluding hydrogens is 397 g/mol. The maximum absolute atomic E-state index is 13.3. The molecule has 2 heterocycles. The smallest absolute Gasteiger partial charge is 0.255 e. The Labute approximate surface area is 172 Å². The molecule has 0 unspecified atom stereocenters. The van der Waals surface area contributed by atoms with Gasteiger partial charge in [0.1, 0.15) is 12.4 Å². The molecule has 6 nitrogen and oxygen atoms in total. The van der Waals surface area contributed by atoms with Crippen LogP contribution in [0.3, 0.4) is 0 Å². The SMILES string of the molecule is CC1=C(C(=O)Nc2ccccc2C)[C@H](c2ccc(Cl)cc2Cl)n2ncnc2N1. The third kappa shape index (κ3) is 3.25. The first kappa shape index (κ1) is 18.5. The van der Waals surface area contributed by atoms with E-state index in [0.717, 1.165) is 11.3 Å². The third-order valence-electron chi connectivity index (χ3n) is 4.69. The highest BCUT2D eigenvalue weighted by Gasteiger charge is 2.34. The van der Waals surface area contributed by atoms with Crippen molar-refractivity contribution in [3.05, 3.63) is 81.2 Å². The topological polar surface area (TPSA) is 71.8 Å². The summed E-state index contributed by atoms with van der Waals surface area (Å²) in [5, 5.41) is 11.4. The first-order valence-corrected chi connectivity index (χ1v) is 9.40. The molecule has 1 aliphatic rings. The van der Waals surface area contributed by atoms with Gasteiger partial charge in [-0.15, -0.1) is 0 Å². The van der Waals surface area contributed by atoms with Crippen LogP contribution in [-0.2, 0) is 4.79 Å². The monoisotopic (exact) mass is 413 g/mol. The Morgan fingerprint density at radius 3 is 2.71 bits per heavy atom. The normalized spacial score (nSPS) is 15.8. The van der Waals surface area contributed by atoms with Crippen molar-refractivity contribution in [2.75, 3.05) is 10.6 Å². The van der Waals surface area contributed by atoms with Gasteiger partial charge in [-0.2, -0.15) is 10.1 Å². The number of rotatable bonds is 3. The van der Waals surface area contributed by atoms with Gasteiger partial charge in [0.15, 0.2) is 0 Å². The van der Waals surface area contributed by atoms with Crippen LogP contribution < -0.4 is 10.6 Å². The highest BCUT2D eigenvalue weighted by molar-refractivity contribution is 6.35. The van der Waals surface area contributed by atoms with Crippen molar-refractivity contribution in [1.29, 1.82) is 0 Å². The van der Waals surface area contributed by atoms with Crippen LogP contribution in [0, 0.1) is 6.92 Å². The summed E-state index contributed by atoms with van der Waals surface area (Å²) in [5.41, 5.74) is 3.63. The Morgan fingerprint density at radius 2 is 1.96 bits per heavy atom. The molecule has 0 spiro atoms. The van der Waals surface area contributed by atoms with E-state index in [-0.39, 0.29) is 5.91 Å². The van der Waals surface area contributed by atoms with Gasteiger partial charge in [-0.3, -0.25) is 4.79 Å². The number of hydrogen-bond acceptors (Lipinski definition) is 4. The average molecular weight is 414 g/mol. The van der Waals surface area contributed by atoms with Crippen molar-refractivity contribution in [3.8, 4) is 0 Å². The second-order valence-corrected chi connectivity index (χ2v) is 7.37. The minimum absolute atomic E-state index is 0.239. The molecule has 2 N–H and O–H groups in total. The van der Waals surface area contributed by atoms with E-state index in [2.05, 4.69) is 20.7 Å². The van der Waals surface area contributed by atoms with Crippen LogP contribution in [0.15, 0.2) is 60.1 Å². The molecule has 3 aromatic rings. The lowest BCUT2D eigenvalue weighted by atomic mass is 9.95. The largest absolute Gasteiger partial charge is 0.328 e. The van der Waals surface area contributed by atoms with Crippen molar-refractivity contribution >= 4 is 40.7 Å². The van der Waals surface area contributed by atoms with Crippen LogP contribution in [0.2, 0.25) is 10.0 Å². The van der Waals surface area contributed by atoms with Crippen molar-refractivity contribution < 1.29 is 4.79 Å². The Hall–Kier alpha value is -2.83. The third-order valence-corrected chi connectivity index (χ3v) is 5.25. The maximum atomic E-state index is 13.3. The number of carbonyl (C=O) groups excluding carboxylic acids is 1. The number of hydrogen-bond donors (Lipinski definition) is 2. The van der Waals surface area contributed by atoms with Crippen LogP contribution >= 0.6 is 23.2 Å². The molecule has 1 atom stereocenters. The molecule has 4 rings (SSSR count). The molecule has 8 heteroatoms. The fraction of sp³-hybridized carbons (Fsp3) is 0.150. The zero-order valence-corrected chi connectivity index (χ0v) is 16.7. The van der Waals surface area contributed by atoms with E-state index in [4.69, 9.17) is 23.2 Å². The quantitative estimate of drug-likeness (QED) is 0.645. The summed E-state index contributed by atoms with van der Waals surface area (Å²) in [4.78, 5) is 17.5. The summed E-state index contributed by atoms with van der Waals surface area (Å²) in [5.74, 6) is 0.303. The standard InChI is InChI=1S/C20H17Cl2N5O/c1-11-5-3-4-6-16(11)26-19(28)17-12(2)25-20-23-10-24-27(20)18(17)14-8-7-13(21)9-15(14)22/h3-10,18H,1-2H3,(H,26,28)(H,23,24,25)/t18-/m0/s1. The number of anilines is 2. The summed E-state index contributed by atoms with van der Waals surface area (Å²) < 4.78 is 1.65. The van der Waals surface area contributed by atoms with Gasteiger partial charge in [0, 0.05) is 27.0 Å². The zero-order valence-electron chi connectivity index (χ0n) is 15.2. The molecule has 0 aliphatic carbocycles. The second kappa shape index (κ2) is 7.30. The Bertz CT molecular complexity index is 1110. The van der Waals surface area contributed by atoms with Gasteiger partial charge in [0.25, 0.3) is 5.91 Å². The number of carbonyl (C=O) groups is 1. The van der Waals surface area contributed by atoms with Gasteiger partial charge >= 0.3 is 0 Å². The highest BCUT2D eigenvalue weighted by Crippen LogP contribution is 2.39. The van der Waals surface area contributed by atoms with Crippen molar-refractivity contribution in [2.45, 2.75) is 19.9 Å². The summed E-state index contributed by atoms with van der Waals surface area (Å²) in [6.07, 6.45) is 1.44. The Kier molecular flexibility index (Phi) is 4.83. The van der Waals surface area contributed by atoms with Crippen LogP contribution in [0.4, 0.5) is 11.6 Å². The Morgan fingerprint density at radius 1 is 1.18 bits per heavy atom. The van der Waals surface area contributed by atoms with E-state index in [1.54, 1.807) is 22.9 Å². The Balaban J connectivity index is 1.81. The molecule has 0 saturated carbocycles. The molecule has 1 aliphatic heterocycles. The number of allylic oxidation sites excluding steroid dienone is 1. The lowest BCUT2D eigenvalue weighted by molar-refractivity contribution is -0.113. The zero-order chi connectivity index (χ0) is 19.8. The number of aryl methyl sites for hydroxylation is 1. The van der Waals surface area contributed by atoms with Gasteiger partial charge < -0.3 is 10.6 Å². The fourth-order valence-electron chi connectivity index (χ4n) is 3.30. The average Bonchev–Trinajstić information content (AvgIpc) is 3.11. The molecule has 28 heavy (non-hydrogen) atoms. The van der Waals surface area contributed by atoms with Crippen molar-refractivity contribution in [1.82, 2.24) is 14.8 Å². The van der Waals surface area contributed by atoms with Crippen LogP contribution in [0.5, 0.6) is 0 Å². The molecule has 0 radical (unpaired) electrons. The number of amides is 1. The summed E-state index contributed by atoms with van der Waals surface area (Å²) in [6.45, 7) is 3.78. The number of nitrogens with zero attached hydrogens (tertiary/aromatic N) is 3. The van der Waals surface area contributed by atoms with Crippen molar-refractivity contribution in [2.24, 2.45) is 0 Å². The molecule has 0 bridgehead atoms. The van der Waals surface area contributed by atoms with Gasteiger partial charge in [0.05, 0.1) is 5.57 Å². The van der Waals surface area contributed by atoms with Crippen LogP contribution in [0.1, 0.15) is 24.1 Å². The molecule has 1 aromatic heterocycles. The summed E-state index contributed by atoms with van der Waals surface area (Å²) >= 11 is 12.5. The number of fused-ring (bicyclic) bond motifs is 1. The minimum atomic E-state index is -0.535. The fourth-order valence-corrected chi connectivity index (χ4v) is 3.81. The van der Waals surface area contributed by atoms with E-state index in [1.807, 2.05) is 38.1 Å². The predicted molar refractivity (Wildman–Crippen MR) is 111 cm³/mol. The second-order valence-electron chi connectivity index (χ2n) is 6.53. The first-order chi connectivity index (χ1) is 13.5. The van der Waals surface area contributed by atoms with E-state index < -0.39 is 6.04 Å². The molecule has 2 aromatic carbocycles. The van der Waals surface area contributed by atoms with Crippen molar-refractivity contribution in [3.63, 3.8) is 0 Å². The summed E-state index contributed by atoms with van der Waals surface area (Å²) in [6, 6.07) is 12.3.